The molecule has 5 heteroatoms. The minimum atomic E-state index is -0.321. The van der Waals surface area contributed by atoms with Crippen LogP contribution in [0.2, 0.25) is 0 Å². The normalized spacial score (nSPS) is 10.6. The summed E-state index contributed by atoms with van der Waals surface area (Å²) in [5.74, 6) is 1.07. The molecule has 2 rings (SSSR count). The van der Waals surface area contributed by atoms with Crippen molar-refractivity contribution in [2.75, 3.05) is 0 Å². The first-order valence-corrected chi connectivity index (χ1v) is 7.64. The molecule has 0 aliphatic rings. The van der Waals surface area contributed by atoms with Gasteiger partial charge in [0.1, 0.15) is 11.6 Å². The zero-order valence-electron chi connectivity index (χ0n) is 11.0. The molecule has 20 heavy (non-hydrogen) atoms. The number of halogens is 3. The Bertz CT molecular complexity index is 606. The highest BCUT2D eigenvalue weighted by atomic mass is 79.9. The maximum absolute atomic E-state index is 13.1. The Kier molecular flexibility index (Phi) is 5.38. The molecular formula is C15H14BrClFNO. The summed E-state index contributed by atoms with van der Waals surface area (Å²) in [6, 6.07) is 8.03. The Balaban J connectivity index is 2.29. The molecule has 0 saturated heterocycles. The Labute approximate surface area is 131 Å². The third-order valence-electron chi connectivity index (χ3n) is 2.68. The summed E-state index contributed by atoms with van der Waals surface area (Å²) in [7, 11) is 0. The van der Waals surface area contributed by atoms with Crippen LogP contribution in [0.1, 0.15) is 24.6 Å². The molecule has 0 fully saturated rings. The third-order valence-corrected chi connectivity index (χ3v) is 3.61. The Hall–Kier alpha value is -1.13. The summed E-state index contributed by atoms with van der Waals surface area (Å²) >= 11 is 9.15. The number of benzene rings is 1. The van der Waals surface area contributed by atoms with Gasteiger partial charge in [0.15, 0.2) is 0 Å². The third kappa shape index (κ3) is 3.93. The molecule has 0 aliphatic carbocycles. The molecule has 0 unspecified atom stereocenters. The summed E-state index contributed by atoms with van der Waals surface area (Å²) in [6.45, 7) is 2.09. The fourth-order valence-corrected chi connectivity index (χ4v) is 2.39. The summed E-state index contributed by atoms with van der Waals surface area (Å²) < 4.78 is 19.3. The summed E-state index contributed by atoms with van der Waals surface area (Å²) in [5.41, 5.74) is 1.90. The average Bonchev–Trinajstić information content (AvgIpc) is 2.42. The topological polar surface area (TPSA) is 22.1 Å². The van der Waals surface area contributed by atoms with E-state index in [9.17, 15) is 4.39 Å². The molecule has 2 nitrogen and oxygen atoms in total. The van der Waals surface area contributed by atoms with Crippen LogP contribution in [0.3, 0.4) is 0 Å². The van der Waals surface area contributed by atoms with Crippen molar-refractivity contribution in [1.82, 2.24) is 4.98 Å². The molecule has 0 bridgehead atoms. The van der Waals surface area contributed by atoms with Gasteiger partial charge >= 0.3 is 0 Å². The number of hydrogen-bond donors (Lipinski definition) is 0. The summed E-state index contributed by atoms with van der Waals surface area (Å²) in [6.07, 6.45) is 1.87. The Morgan fingerprint density at radius 3 is 2.75 bits per heavy atom. The van der Waals surface area contributed by atoms with Gasteiger partial charge in [0.05, 0.1) is 4.47 Å². The van der Waals surface area contributed by atoms with Crippen LogP contribution in [0.4, 0.5) is 4.39 Å². The molecule has 0 amide bonds. The zero-order chi connectivity index (χ0) is 14.5. The lowest BCUT2D eigenvalue weighted by atomic mass is 10.2. The molecule has 0 atom stereocenters. The first-order valence-electron chi connectivity index (χ1n) is 6.31. The second-order valence-electron chi connectivity index (χ2n) is 4.37. The highest BCUT2D eigenvalue weighted by molar-refractivity contribution is 9.10. The van der Waals surface area contributed by atoms with E-state index in [1.54, 1.807) is 12.1 Å². The predicted molar refractivity (Wildman–Crippen MR) is 82.0 cm³/mol. The molecule has 0 aliphatic heterocycles. The predicted octanol–water partition coefficient (Wildman–Crippen LogP) is 5.47. The van der Waals surface area contributed by atoms with E-state index in [0.717, 1.165) is 24.1 Å². The van der Waals surface area contributed by atoms with Crippen molar-refractivity contribution in [3.63, 3.8) is 0 Å². The van der Waals surface area contributed by atoms with Crippen molar-refractivity contribution in [2.45, 2.75) is 25.6 Å². The SMILES string of the molecule is CCCc1cc(CCl)cc(Oc2ccc(F)cc2Br)n1. The second kappa shape index (κ2) is 7.04. The number of aryl methyl sites for hydroxylation is 1. The first-order chi connectivity index (χ1) is 9.62. The smallest absolute Gasteiger partial charge is 0.219 e. The van der Waals surface area contributed by atoms with Crippen molar-refractivity contribution in [3.8, 4) is 11.6 Å². The minimum absolute atomic E-state index is 0.321. The maximum Gasteiger partial charge on any atom is 0.219 e. The highest BCUT2D eigenvalue weighted by Crippen LogP contribution is 2.30. The fraction of sp³-hybridized carbons (Fsp3) is 0.267. The Morgan fingerprint density at radius 1 is 1.30 bits per heavy atom. The van der Waals surface area contributed by atoms with Crippen LogP contribution in [-0.4, -0.2) is 4.98 Å². The van der Waals surface area contributed by atoms with Gasteiger partial charge in [-0.1, -0.05) is 13.3 Å². The van der Waals surface area contributed by atoms with E-state index in [1.165, 1.54) is 12.1 Å². The van der Waals surface area contributed by atoms with E-state index in [2.05, 4.69) is 27.8 Å². The van der Waals surface area contributed by atoms with E-state index in [-0.39, 0.29) is 5.82 Å². The quantitative estimate of drug-likeness (QED) is 0.661. The van der Waals surface area contributed by atoms with Crippen molar-refractivity contribution >= 4 is 27.5 Å². The molecule has 1 aromatic carbocycles. The van der Waals surface area contributed by atoms with E-state index in [1.807, 2.05) is 6.07 Å². The van der Waals surface area contributed by atoms with Crippen LogP contribution in [0.15, 0.2) is 34.8 Å². The molecule has 0 spiro atoms. The van der Waals surface area contributed by atoms with E-state index >= 15 is 0 Å². The average molecular weight is 359 g/mol. The van der Waals surface area contributed by atoms with Gasteiger partial charge < -0.3 is 4.74 Å². The van der Waals surface area contributed by atoms with Crippen LogP contribution in [0.5, 0.6) is 11.6 Å². The standard InChI is InChI=1S/C15H14BrClFNO/c1-2-3-12-6-10(9-17)7-15(19-12)20-14-5-4-11(18)8-13(14)16/h4-8H,2-3,9H2,1H3. The van der Waals surface area contributed by atoms with Crippen LogP contribution in [-0.2, 0) is 12.3 Å². The molecule has 2 aromatic rings. The minimum Gasteiger partial charge on any atom is -0.438 e. The molecular weight excluding hydrogens is 345 g/mol. The van der Waals surface area contributed by atoms with Crippen molar-refractivity contribution in [1.29, 1.82) is 0 Å². The van der Waals surface area contributed by atoms with Gasteiger partial charge in [-0.3, -0.25) is 0 Å². The number of aromatic nitrogens is 1. The summed E-state index contributed by atoms with van der Waals surface area (Å²) in [4.78, 5) is 4.43. The van der Waals surface area contributed by atoms with Crippen LogP contribution in [0.25, 0.3) is 0 Å². The van der Waals surface area contributed by atoms with E-state index in [0.29, 0.717) is 22.0 Å². The highest BCUT2D eigenvalue weighted by Gasteiger charge is 2.08. The van der Waals surface area contributed by atoms with Crippen LogP contribution in [0, 0.1) is 5.82 Å². The van der Waals surface area contributed by atoms with Gasteiger partial charge in [-0.15, -0.1) is 11.6 Å². The van der Waals surface area contributed by atoms with Crippen molar-refractivity contribution in [3.05, 3.63) is 51.9 Å². The number of hydrogen-bond acceptors (Lipinski definition) is 2. The number of ether oxygens (including phenoxy) is 1. The van der Waals surface area contributed by atoms with Gasteiger partial charge in [-0.25, -0.2) is 9.37 Å². The molecule has 0 radical (unpaired) electrons. The van der Waals surface area contributed by atoms with Crippen molar-refractivity contribution < 1.29 is 9.13 Å². The fourth-order valence-electron chi connectivity index (χ4n) is 1.80. The number of rotatable bonds is 5. The molecule has 0 N–H and O–H groups in total. The number of pyridine rings is 1. The molecule has 0 saturated carbocycles. The molecule has 106 valence electrons. The Morgan fingerprint density at radius 2 is 2.10 bits per heavy atom. The summed E-state index contributed by atoms with van der Waals surface area (Å²) in [5, 5.41) is 0. The monoisotopic (exact) mass is 357 g/mol. The largest absolute Gasteiger partial charge is 0.438 e. The zero-order valence-corrected chi connectivity index (χ0v) is 13.3. The van der Waals surface area contributed by atoms with Gasteiger partial charge in [0.2, 0.25) is 5.88 Å². The van der Waals surface area contributed by atoms with Crippen LogP contribution >= 0.6 is 27.5 Å². The van der Waals surface area contributed by atoms with E-state index in [4.69, 9.17) is 16.3 Å². The lowest BCUT2D eigenvalue weighted by Gasteiger charge is -2.10. The van der Waals surface area contributed by atoms with Gasteiger partial charge in [0.25, 0.3) is 0 Å². The number of nitrogens with zero attached hydrogens (tertiary/aromatic N) is 1. The van der Waals surface area contributed by atoms with E-state index < -0.39 is 0 Å². The lowest BCUT2D eigenvalue weighted by molar-refractivity contribution is 0.455. The van der Waals surface area contributed by atoms with Gasteiger partial charge in [-0.05, 0) is 52.2 Å². The number of alkyl halides is 1. The molecule has 1 heterocycles. The second-order valence-corrected chi connectivity index (χ2v) is 5.49. The lowest BCUT2D eigenvalue weighted by Crippen LogP contribution is -1.96. The van der Waals surface area contributed by atoms with Gasteiger partial charge in [-0.2, -0.15) is 0 Å². The van der Waals surface area contributed by atoms with Crippen molar-refractivity contribution in [2.24, 2.45) is 0 Å². The van der Waals surface area contributed by atoms with Crippen LogP contribution < -0.4 is 4.74 Å². The molecule has 1 aromatic heterocycles. The van der Waals surface area contributed by atoms with Gasteiger partial charge in [0, 0.05) is 17.6 Å². The first kappa shape index (κ1) is 15.3. The maximum atomic E-state index is 13.1.